The third-order valence-electron chi connectivity index (χ3n) is 7.56. The Morgan fingerprint density at radius 3 is 2.24 bits per heavy atom. The molecule has 0 spiro atoms. The lowest BCUT2D eigenvalue weighted by atomic mass is 9.98. The van der Waals surface area contributed by atoms with E-state index in [-0.39, 0.29) is 18.9 Å². The summed E-state index contributed by atoms with van der Waals surface area (Å²) in [5.41, 5.74) is 8.20. The number of methoxy groups -OCH3 is 1. The van der Waals surface area contributed by atoms with Crippen molar-refractivity contribution >= 4 is 17.7 Å². The number of ether oxygens (including phenoxy) is 2. The third-order valence-corrected chi connectivity index (χ3v) is 7.56. The minimum absolute atomic E-state index is 0.00547. The Bertz CT molecular complexity index is 1710. The molecule has 41 heavy (non-hydrogen) atoms. The van der Waals surface area contributed by atoms with Gasteiger partial charge in [0.15, 0.2) is 0 Å². The number of hydrogen-bond donors (Lipinski definition) is 2. The van der Waals surface area contributed by atoms with E-state index in [1.165, 1.54) is 0 Å². The number of rotatable bonds is 8. The molecular weight excluding hydrogens is 518 g/mol. The normalized spacial score (nSPS) is 12.9. The molecule has 1 aliphatic carbocycles. The van der Waals surface area contributed by atoms with Crippen LogP contribution in [0.4, 0.5) is 4.79 Å². The number of aromatic nitrogens is 2. The standard InChI is InChI=1S/C33H29N3O5/c1-20-11-16-30-35-31(21-12-14-22(40-2)15-13-21)29(36(30)18-20)17-28(32(37)38)34-33(39)41-19-27-25-9-5-3-7-23(25)24-8-4-6-10-26(24)27/h3-16,18,27-28H,17,19H2,1-2H3,(H,34,39)(H,37,38). The summed E-state index contributed by atoms with van der Waals surface area (Å²) in [6.07, 6.45) is 1.14. The Kier molecular flexibility index (Phi) is 6.89. The van der Waals surface area contributed by atoms with Crippen LogP contribution in [-0.4, -0.2) is 46.3 Å². The first-order valence-corrected chi connectivity index (χ1v) is 13.4. The minimum atomic E-state index is -1.23. The number of fused-ring (bicyclic) bond motifs is 4. The molecule has 1 unspecified atom stereocenters. The van der Waals surface area contributed by atoms with Crippen LogP contribution >= 0.6 is 0 Å². The van der Waals surface area contributed by atoms with Gasteiger partial charge in [-0.05, 0) is 65.1 Å². The zero-order chi connectivity index (χ0) is 28.5. The fourth-order valence-corrected chi connectivity index (χ4v) is 5.55. The summed E-state index contributed by atoms with van der Waals surface area (Å²) in [6, 6.07) is 26.1. The molecule has 1 amide bonds. The van der Waals surface area contributed by atoms with Crippen molar-refractivity contribution in [3.05, 3.63) is 114 Å². The van der Waals surface area contributed by atoms with Crippen molar-refractivity contribution in [2.24, 2.45) is 0 Å². The van der Waals surface area contributed by atoms with Crippen molar-refractivity contribution in [3.63, 3.8) is 0 Å². The molecule has 0 saturated heterocycles. The van der Waals surface area contributed by atoms with Crippen LogP contribution in [0, 0.1) is 6.92 Å². The van der Waals surface area contributed by atoms with E-state index in [2.05, 4.69) is 17.4 Å². The Balaban J connectivity index is 1.24. The summed E-state index contributed by atoms with van der Waals surface area (Å²) in [7, 11) is 1.60. The molecule has 2 aromatic heterocycles. The fourth-order valence-electron chi connectivity index (χ4n) is 5.55. The highest BCUT2D eigenvalue weighted by Crippen LogP contribution is 2.44. The quantitative estimate of drug-likeness (QED) is 0.253. The predicted molar refractivity (Wildman–Crippen MR) is 155 cm³/mol. The van der Waals surface area contributed by atoms with E-state index < -0.39 is 18.1 Å². The zero-order valence-electron chi connectivity index (χ0n) is 22.7. The highest BCUT2D eigenvalue weighted by Gasteiger charge is 2.30. The molecule has 8 nitrogen and oxygen atoms in total. The summed E-state index contributed by atoms with van der Waals surface area (Å²) >= 11 is 0. The van der Waals surface area contributed by atoms with Gasteiger partial charge in [-0.25, -0.2) is 14.6 Å². The van der Waals surface area contributed by atoms with Gasteiger partial charge in [0, 0.05) is 24.1 Å². The molecule has 0 bridgehead atoms. The number of imidazole rings is 1. The number of hydrogen-bond acceptors (Lipinski definition) is 5. The van der Waals surface area contributed by atoms with Gasteiger partial charge in [0.2, 0.25) is 0 Å². The maximum atomic E-state index is 13.0. The molecular formula is C33H29N3O5. The van der Waals surface area contributed by atoms with E-state index in [4.69, 9.17) is 14.5 Å². The SMILES string of the molecule is COc1ccc(-c2nc3ccc(C)cn3c2CC(NC(=O)OCC2c3ccccc3-c3ccccc32)C(=O)O)cc1. The van der Waals surface area contributed by atoms with Gasteiger partial charge >= 0.3 is 12.1 Å². The zero-order valence-corrected chi connectivity index (χ0v) is 22.7. The Morgan fingerprint density at radius 2 is 1.61 bits per heavy atom. The summed E-state index contributed by atoms with van der Waals surface area (Å²) < 4.78 is 12.8. The first-order chi connectivity index (χ1) is 19.9. The highest BCUT2D eigenvalue weighted by atomic mass is 16.5. The van der Waals surface area contributed by atoms with Crippen LogP contribution in [0.3, 0.4) is 0 Å². The molecule has 206 valence electrons. The molecule has 8 heteroatoms. The summed E-state index contributed by atoms with van der Waals surface area (Å²) in [6.45, 7) is 2.05. The molecule has 0 radical (unpaired) electrons. The van der Waals surface area contributed by atoms with E-state index in [9.17, 15) is 14.7 Å². The second-order valence-corrected chi connectivity index (χ2v) is 10.1. The van der Waals surface area contributed by atoms with Gasteiger partial charge in [-0.15, -0.1) is 0 Å². The van der Waals surface area contributed by atoms with Gasteiger partial charge in [0.05, 0.1) is 18.5 Å². The van der Waals surface area contributed by atoms with Crippen LogP contribution in [0.1, 0.15) is 28.3 Å². The molecule has 0 aliphatic heterocycles. The summed E-state index contributed by atoms with van der Waals surface area (Å²) in [5.74, 6) is -0.586. The first-order valence-electron chi connectivity index (χ1n) is 13.4. The molecule has 2 N–H and O–H groups in total. The summed E-state index contributed by atoms with van der Waals surface area (Å²) in [5, 5.41) is 12.7. The van der Waals surface area contributed by atoms with Gasteiger partial charge in [0.1, 0.15) is 24.0 Å². The molecule has 1 aliphatic rings. The average molecular weight is 548 g/mol. The first kappa shape index (κ1) is 26.1. The largest absolute Gasteiger partial charge is 0.497 e. The lowest BCUT2D eigenvalue weighted by Crippen LogP contribution is -2.43. The molecule has 2 heterocycles. The van der Waals surface area contributed by atoms with E-state index in [1.54, 1.807) is 7.11 Å². The van der Waals surface area contributed by atoms with E-state index >= 15 is 0 Å². The van der Waals surface area contributed by atoms with Gasteiger partial charge in [-0.2, -0.15) is 0 Å². The summed E-state index contributed by atoms with van der Waals surface area (Å²) in [4.78, 5) is 30.1. The van der Waals surface area contributed by atoms with E-state index in [0.717, 1.165) is 33.4 Å². The Hall–Kier alpha value is -5.11. The number of aryl methyl sites for hydroxylation is 1. The molecule has 6 rings (SSSR count). The van der Waals surface area contributed by atoms with Crippen LogP contribution in [0.15, 0.2) is 91.1 Å². The molecule has 3 aromatic carbocycles. The average Bonchev–Trinajstić information content (AvgIpc) is 3.51. The predicted octanol–water partition coefficient (Wildman–Crippen LogP) is 5.85. The number of nitrogens with one attached hydrogen (secondary N) is 1. The molecule has 1 atom stereocenters. The number of nitrogens with zero attached hydrogens (tertiary/aromatic N) is 2. The number of pyridine rings is 1. The van der Waals surface area contributed by atoms with Crippen molar-refractivity contribution in [1.29, 1.82) is 0 Å². The van der Waals surface area contributed by atoms with Gasteiger partial charge in [0.25, 0.3) is 0 Å². The number of amides is 1. The molecule has 0 fully saturated rings. The van der Waals surface area contributed by atoms with Crippen molar-refractivity contribution in [1.82, 2.24) is 14.7 Å². The van der Waals surface area contributed by atoms with Gasteiger partial charge in [-0.1, -0.05) is 54.6 Å². The number of carboxylic acid groups (broad SMARTS) is 1. The van der Waals surface area contributed by atoms with Crippen molar-refractivity contribution in [2.75, 3.05) is 13.7 Å². The van der Waals surface area contributed by atoms with E-state index in [1.807, 2.05) is 90.3 Å². The van der Waals surface area contributed by atoms with Crippen molar-refractivity contribution in [3.8, 4) is 28.1 Å². The van der Waals surface area contributed by atoms with Crippen LogP contribution in [0.25, 0.3) is 28.0 Å². The molecule has 0 saturated carbocycles. The van der Waals surface area contributed by atoms with Crippen LogP contribution < -0.4 is 10.1 Å². The smallest absolute Gasteiger partial charge is 0.407 e. The topological polar surface area (TPSA) is 102 Å². The Morgan fingerprint density at radius 1 is 0.951 bits per heavy atom. The maximum Gasteiger partial charge on any atom is 0.407 e. The van der Waals surface area contributed by atoms with Crippen LogP contribution in [-0.2, 0) is 16.0 Å². The number of benzene rings is 3. The van der Waals surface area contributed by atoms with Crippen LogP contribution in [0.2, 0.25) is 0 Å². The minimum Gasteiger partial charge on any atom is -0.497 e. The number of carbonyl (C=O) groups is 2. The second-order valence-electron chi connectivity index (χ2n) is 10.1. The fraction of sp³-hybridized carbons (Fsp3) is 0.182. The monoisotopic (exact) mass is 547 g/mol. The lowest BCUT2D eigenvalue weighted by molar-refractivity contribution is -0.139. The molecule has 5 aromatic rings. The third kappa shape index (κ3) is 5.00. The van der Waals surface area contributed by atoms with E-state index in [0.29, 0.717) is 22.8 Å². The van der Waals surface area contributed by atoms with Crippen molar-refractivity contribution < 1.29 is 24.2 Å². The number of carboxylic acids is 1. The van der Waals surface area contributed by atoms with Gasteiger partial charge < -0.3 is 24.3 Å². The number of aliphatic carboxylic acids is 1. The maximum absolute atomic E-state index is 13.0. The number of alkyl carbamates (subject to hydrolysis) is 1. The highest BCUT2D eigenvalue weighted by molar-refractivity contribution is 5.82. The number of carbonyl (C=O) groups excluding carboxylic acids is 1. The lowest BCUT2D eigenvalue weighted by Gasteiger charge is -2.18. The Labute approximate surface area is 237 Å². The van der Waals surface area contributed by atoms with Gasteiger partial charge in [-0.3, -0.25) is 0 Å². The van der Waals surface area contributed by atoms with Crippen molar-refractivity contribution in [2.45, 2.75) is 25.3 Å². The van der Waals surface area contributed by atoms with Crippen LogP contribution in [0.5, 0.6) is 5.75 Å². The second kappa shape index (κ2) is 10.8.